The quantitative estimate of drug-likeness (QED) is 0.0158. The van der Waals surface area contributed by atoms with Crippen LogP contribution >= 0.6 is 21.6 Å². The van der Waals surface area contributed by atoms with Crippen LogP contribution in [0.5, 0.6) is 5.75 Å². The first-order valence-electron chi connectivity index (χ1n) is 24.2. The second kappa shape index (κ2) is 42.5. The van der Waals surface area contributed by atoms with Crippen molar-refractivity contribution in [2.75, 3.05) is 37.8 Å². The number of nitro benzene ring substituents is 1. The molecule has 0 aromatic heterocycles. The molecule has 0 fully saturated rings. The van der Waals surface area contributed by atoms with Gasteiger partial charge in [0.2, 0.25) is 0 Å². The van der Waals surface area contributed by atoms with Gasteiger partial charge in [0.15, 0.2) is 0 Å². The summed E-state index contributed by atoms with van der Waals surface area (Å²) in [4.78, 5) is 37.2. The van der Waals surface area contributed by atoms with E-state index in [9.17, 15) is 19.7 Å². The van der Waals surface area contributed by atoms with Crippen LogP contribution in [0.2, 0.25) is 0 Å². The van der Waals surface area contributed by atoms with Crippen LogP contribution in [0.25, 0.3) is 0 Å². The van der Waals surface area contributed by atoms with Crippen molar-refractivity contribution in [2.24, 2.45) is 0 Å². The van der Waals surface area contributed by atoms with E-state index in [1.807, 2.05) is 4.90 Å². The Kier molecular flexibility index (Phi) is 39.6. The lowest BCUT2D eigenvalue weighted by Gasteiger charge is -2.22. The molecule has 0 atom stereocenters. The maximum atomic E-state index is 13.1. The van der Waals surface area contributed by atoms with Gasteiger partial charge < -0.3 is 19.1 Å². The number of benzene rings is 1. The topological polar surface area (TPSA) is 108 Å². The molecule has 1 aromatic carbocycles. The number of ether oxygens (including phenoxy) is 3. The molecule has 0 radical (unpaired) electrons. The van der Waals surface area contributed by atoms with Crippen LogP contribution in [0.4, 0.5) is 15.3 Å². The van der Waals surface area contributed by atoms with Gasteiger partial charge in [-0.25, -0.2) is 9.59 Å². The molecule has 0 N–H and O–H groups in total. The minimum absolute atomic E-state index is 0.0802. The minimum Gasteiger partial charge on any atom is -0.449 e. The lowest BCUT2D eigenvalue weighted by molar-refractivity contribution is -0.384. The molecule has 0 saturated carbocycles. The van der Waals surface area contributed by atoms with Crippen molar-refractivity contribution in [1.82, 2.24) is 4.90 Å². The first-order chi connectivity index (χ1) is 29.0. The second-order valence-electron chi connectivity index (χ2n) is 16.3. The van der Waals surface area contributed by atoms with Crippen LogP contribution in [-0.2, 0) is 9.47 Å². The summed E-state index contributed by atoms with van der Waals surface area (Å²) in [5, 5.41) is 10.8. The van der Waals surface area contributed by atoms with Gasteiger partial charge in [-0.05, 0) is 25.0 Å². The number of unbranched alkanes of at least 4 members (excludes halogenated alkanes) is 30. The smallest absolute Gasteiger partial charge is 0.449 e. The third-order valence-corrected chi connectivity index (χ3v) is 13.3. The molecular formula is C48H86N2O7S2. The van der Waals surface area contributed by atoms with Crippen molar-refractivity contribution in [3.8, 4) is 5.75 Å². The fourth-order valence-electron chi connectivity index (χ4n) is 7.29. The lowest BCUT2D eigenvalue weighted by atomic mass is 10.0. The Hall–Kier alpha value is -2.14. The molecule has 0 spiro atoms. The highest BCUT2D eigenvalue weighted by Gasteiger charge is 2.15. The van der Waals surface area contributed by atoms with E-state index in [0.29, 0.717) is 18.1 Å². The van der Waals surface area contributed by atoms with Crippen LogP contribution in [-0.4, -0.2) is 59.9 Å². The second-order valence-corrected chi connectivity index (χ2v) is 19.0. The van der Waals surface area contributed by atoms with Gasteiger partial charge in [0, 0.05) is 36.7 Å². The van der Waals surface area contributed by atoms with E-state index in [-0.39, 0.29) is 24.1 Å². The summed E-state index contributed by atoms with van der Waals surface area (Å²) >= 11 is 0. The van der Waals surface area contributed by atoms with Gasteiger partial charge in [-0.1, -0.05) is 228 Å². The Bertz CT molecular complexity index is 1080. The molecule has 0 aliphatic heterocycles. The minimum atomic E-state index is -0.854. The highest BCUT2D eigenvalue weighted by molar-refractivity contribution is 8.76. The fraction of sp³-hybridized carbons (Fsp3) is 0.833. The van der Waals surface area contributed by atoms with Gasteiger partial charge in [-0.2, -0.15) is 0 Å². The predicted octanol–water partition coefficient (Wildman–Crippen LogP) is 16.5. The Morgan fingerprint density at radius 2 is 0.831 bits per heavy atom. The first kappa shape index (κ1) is 54.9. The largest absolute Gasteiger partial charge is 0.513 e. The molecular weight excluding hydrogens is 781 g/mol. The number of hydrogen-bond donors (Lipinski definition) is 0. The average Bonchev–Trinajstić information content (AvgIpc) is 3.23. The summed E-state index contributed by atoms with van der Waals surface area (Å²) in [5.41, 5.74) is -0.0802. The number of hydrogen-bond acceptors (Lipinski definition) is 9. The molecule has 342 valence electrons. The van der Waals surface area contributed by atoms with Crippen LogP contribution in [0, 0.1) is 10.1 Å². The molecule has 0 aliphatic rings. The highest BCUT2D eigenvalue weighted by atomic mass is 33.1. The summed E-state index contributed by atoms with van der Waals surface area (Å²) in [7, 11) is 3.11. The van der Waals surface area contributed by atoms with Crippen molar-refractivity contribution in [3.63, 3.8) is 0 Å². The van der Waals surface area contributed by atoms with E-state index in [1.54, 1.807) is 10.8 Å². The Morgan fingerprint density at radius 1 is 0.508 bits per heavy atom. The van der Waals surface area contributed by atoms with Crippen LogP contribution in [0.15, 0.2) is 24.3 Å². The number of nitro groups is 1. The molecule has 9 nitrogen and oxygen atoms in total. The van der Waals surface area contributed by atoms with E-state index in [1.165, 1.54) is 215 Å². The van der Waals surface area contributed by atoms with E-state index in [2.05, 4.69) is 13.8 Å². The predicted molar refractivity (Wildman–Crippen MR) is 252 cm³/mol. The highest BCUT2D eigenvalue weighted by Crippen LogP contribution is 2.22. The van der Waals surface area contributed by atoms with Crippen LogP contribution < -0.4 is 4.74 Å². The Labute approximate surface area is 368 Å². The number of non-ortho nitro benzene ring substituents is 1. The normalized spacial score (nSPS) is 11.2. The molecule has 0 heterocycles. The number of rotatable bonds is 43. The molecule has 59 heavy (non-hydrogen) atoms. The maximum absolute atomic E-state index is 13.1. The van der Waals surface area contributed by atoms with E-state index in [0.717, 1.165) is 38.8 Å². The zero-order valence-electron chi connectivity index (χ0n) is 37.7. The SMILES string of the molecule is CCCCCCCCCCCCCCCCCCN(CCCCCCCCCCCCCCCCCC)C(=O)OCCSSCCOC(=O)Oc1ccc([N+](=O)[O-])cc1. The third-order valence-electron chi connectivity index (χ3n) is 10.9. The van der Waals surface area contributed by atoms with Gasteiger partial charge in [-0.3, -0.25) is 10.1 Å². The van der Waals surface area contributed by atoms with Crippen molar-refractivity contribution in [2.45, 2.75) is 219 Å². The standard InChI is InChI=1S/C48H86N2O7S2/c1-3-5-7-9-11-13-15-17-19-21-23-25-27-29-31-33-39-49(40-34-32-30-28-26-24-22-20-18-16-14-12-10-8-6-4-2)47(51)55-41-43-58-59-44-42-56-48(52)57-46-37-35-45(36-38-46)50(53)54/h35-38H,3-34,39-44H2,1-2H3. The zero-order valence-corrected chi connectivity index (χ0v) is 39.4. The van der Waals surface area contributed by atoms with Crippen LogP contribution in [0.1, 0.15) is 219 Å². The van der Waals surface area contributed by atoms with E-state index in [4.69, 9.17) is 14.2 Å². The van der Waals surface area contributed by atoms with Gasteiger partial charge >= 0.3 is 12.2 Å². The maximum Gasteiger partial charge on any atom is 0.513 e. The molecule has 1 amide bonds. The van der Waals surface area contributed by atoms with Crippen LogP contribution in [0.3, 0.4) is 0 Å². The summed E-state index contributed by atoms with van der Waals surface area (Å²) in [6.07, 6.45) is 41.7. The third kappa shape index (κ3) is 36.2. The monoisotopic (exact) mass is 867 g/mol. The molecule has 1 rings (SSSR count). The van der Waals surface area contributed by atoms with Crippen molar-refractivity contribution in [3.05, 3.63) is 34.4 Å². The summed E-state index contributed by atoms with van der Waals surface area (Å²) in [5.74, 6) is 1.39. The number of carbonyl (C=O) groups is 2. The van der Waals surface area contributed by atoms with Gasteiger partial charge in [0.1, 0.15) is 19.0 Å². The lowest BCUT2D eigenvalue weighted by Crippen LogP contribution is -2.34. The van der Waals surface area contributed by atoms with Gasteiger partial charge in [0.05, 0.1) is 4.92 Å². The zero-order chi connectivity index (χ0) is 42.7. The summed E-state index contributed by atoms with van der Waals surface area (Å²) in [6.45, 7) is 6.60. The molecule has 0 unspecified atom stereocenters. The Morgan fingerprint density at radius 3 is 1.17 bits per heavy atom. The van der Waals surface area contributed by atoms with Gasteiger partial charge in [0.25, 0.3) is 5.69 Å². The molecule has 0 aliphatic carbocycles. The first-order valence-corrected chi connectivity index (χ1v) is 26.7. The Balaban J connectivity index is 2.22. The van der Waals surface area contributed by atoms with Crippen molar-refractivity contribution < 1.29 is 28.7 Å². The molecule has 0 bridgehead atoms. The molecule has 1 aromatic rings. The van der Waals surface area contributed by atoms with Gasteiger partial charge in [-0.15, -0.1) is 0 Å². The van der Waals surface area contributed by atoms with E-state index < -0.39 is 11.1 Å². The number of nitrogens with zero attached hydrogens (tertiary/aromatic N) is 2. The van der Waals surface area contributed by atoms with E-state index >= 15 is 0 Å². The van der Waals surface area contributed by atoms with Crippen molar-refractivity contribution >= 4 is 39.5 Å². The molecule has 11 heteroatoms. The summed E-state index contributed by atoms with van der Waals surface area (Å²) < 4.78 is 15.8. The number of carbonyl (C=O) groups excluding carboxylic acids is 2. The number of amides is 1. The summed E-state index contributed by atoms with van der Waals surface area (Å²) in [6, 6.07) is 5.25. The molecule has 0 saturated heterocycles. The van der Waals surface area contributed by atoms with Crippen molar-refractivity contribution in [1.29, 1.82) is 0 Å². The average molecular weight is 867 g/mol. The fourth-order valence-corrected chi connectivity index (χ4v) is 8.94.